The van der Waals surface area contributed by atoms with Crippen molar-refractivity contribution in [1.29, 1.82) is 0 Å². The van der Waals surface area contributed by atoms with E-state index in [1.165, 1.54) is 25.7 Å². The van der Waals surface area contributed by atoms with E-state index in [0.29, 0.717) is 6.04 Å². The van der Waals surface area contributed by atoms with E-state index in [1.54, 1.807) is 0 Å². The zero-order valence-corrected chi connectivity index (χ0v) is 11.7. The van der Waals surface area contributed by atoms with Crippen LogP contribution in [0.15, 0.2) is 0 Å². The maximum absolute atomic E-state index is 11.6. The summed E-state index contributed by atoms with van der Waals surface area (Å²) in [7, 11) is 0. The predicted molar refractivity (Wildman–Crippen MR) is 69.2 cm³/mol. The zero-order chi connectivity index (χ0) is 13.2. The highest BCUT2D eigenvalue weighted by atomic mass is 16.7. The molecule has 1 heterocycles. The number of hydrogen-bond acceptors (Lipinski definition) is 4. The largest absolute Gasteiger partial charge is 0.510 e. The Morgan fingerprint density at radius 2 is 1.78 bits per heavy atom. The highest BCUT2D eigenvalue weighted by molar-refractivity contribution is 5.60. The van der Waals surface area contributed by atoms with Crippen molar-refractivity contribution in [2.45, 2.75) is 77.2 Å². The molecule has 1 saturated heterocycles. The van der Waals surface area contributed by atoms with E-state index < -0.39 is 11.8 Å². The Labute approximate surface area is 109 Å². The molecule has 1 aliphatic carbocycles. The first-order valence-electron chi connectivity index (χ1n) is 7.10. The summed E-state index contributed by atoms with van der Waals surface area (Å²) in [5, 5.41) is 3.47. The Bertz CT molecular complexity index is 298. The van der Waals surface area contributed by atoms with Crippen molar-refractivity contribution in [1.82, 2.24) is 5.32 Å². The van der Waals surface area contributed by atoms with Crippen LogP contribution in [-0.2, 0) is 9.47 Å². The van der Waals surface area contributed by atoms with Gasteiger partial charge in [-0.25, -0.2) is 4.79 Å². The second-order valence-corrected chi connectivity index (χ2v) is 6.47. The number of rotatable bonds is 1. The first-order chi connectivity index (χ1) is 8.44. The highest BCUT2D eigenvalue weighted by Crippen LogP contribution is 2.33. The minimum absolute atomic E-state index is 0.173. The van der Waals surface area contributed by atoms with E-state index in [1.807, 2.05) is 20.8 Å². The Kier molecular flexibility index (Phi) is 4.15. The fourth-order valence-corrected chi connectivity index (χ4v) is 2.97. The van der Waals surface area contributed by atoms with E-state index in [0.717, 1.165) is 18.8 Å². The monoisotopic (exact) mass is 255 g/mol. The summed E-state index contributed by atoms with van der Waals surface area (Å²) in [5.74, 6) is 0.775. The minimum atomic E-state index is -0.559. The van der Waals surface area contributed by atoms with Gasteiger partial charge in [0.1, 0.15) is 5.60 Å². The van der Waals surface area contributed by atoms with Gasteiger partial charge in [0.05, 0.1) is 0 Å². The highest BCUT2D eigenvalue weighted by Gasteiger charge is 2.33. The lowest BCUT2D eigenvalue weighted by Gasteiger charge is -2.25. The van der Waals surface area contributed by atoms with Crippen molar-refractivity contribution in [3.05, 3.63) is 0 Å². The summed E-state index contributed by atoms with van der Waals surface area (Å²) < 4.78 is 10.6. The van der Waals surface area contributed by atoms with Gasteiger partial charge in [-0.1, -0.05) is 6.42 Å². The maximum Gasteiger partial charge on any atom is 0.510 e. The van der Waals surface area contributed by atoms with Gasteiger partial charge >= 0.3 is 6.16 Å². The molecule has 1 N–H and O–H groups in total. The molecule has 18 heavy (non-hydrogen) atoms. The van der Waals surface area contributed by atoms with E-state index in [9.17, 15) is 4.79 Å². The number of fused-ring (bicyclic) bond motifs is 1. The van der Waals surface area contributed by atoms with E-state index in [2.05, 4.69) is 5.32 Å². The quantitative estimate of drug-likeness (QED) is 0.731. The van der Waals surface area contributed by atoms with Gasteiger partial charge in [0.15, 0.2) is 6.23 Å². The average molecular weight is 255 g/mol. The van der Waals surface area contributed by atoms with Crippen LogP contribution >= 0.6 is 0 Å². The number of carbonyl (C=O) groups is 1. The van der Waals surface area contributed by atoms with Crippen molar-refractivity contribution in [2.24, 2.45) is 5.92 Å². The van der Waals surface area contributed by atoms with Crippen LogP contribution in [0.4, 0.5) is 4.79 Å². The van der Waals surface area contributed by atoms with Gasteiger partial charge in [0, 0.05) is 6.04 Å². The molecule has 2 aliphatic rings. The predicted octanol–water partition coefficient (Wildman–Crippen LogP) is 3.21. The molecule has 0 amide bonds. The third-order valence-corrected chi connectivity index (χ3v) is 3.73. The van der Waals surface area contributed by atoms with Gasteiger partial charge in [-0.3, -0.25) is 5.32 Å². The Morgan fingerprint density at radius 3 is 2.44 bits per heavy atom. The molecule has 0 radical (unpaired) electrons. The van der Waals surface area contributed by atoms with Crippen LogP contribution in [0, 0.1) is 5.92 Å². The lowest BCUT2D eigenvalue weighted by atomic mass is 9.99. The van der Waals surface area contributed by atoms with Crippen LogP contribution in [0.5, 0.6) is 0 Å². The standard InChI is InChI=1S/C14H25NO3/c1-14(2,3)18-13(16)17-12-9-5-7-10-6-4-8-11(10)15-12/h10-12,15H,4-9H2,1-3H3. The number of carbonyl (C=O) groups excluding carboxylic acids is 1. The normalized spacial score (nSPS) is 32.5. The summed E-state index contributed by atoms with van der Waals surface area (Å²) in [5.41, 5.74) is -0.488. The van der Waals surface area contributed by atoms with Crippen molar-refractivity contribution in [2.75, 3.05) is 0 Å². The Balaban J connectivity index is 1.83. The molecular weight excluding hydrogens is 230 g/mol. The van der Waals surface area contributed by atoms with Crippen molar-refractivity contribution in [3.63, 3.8) is 0 Å². The van der Waals surface area contributed by atoms with Crippen molar-refractivity contribution in [3.8, 4) is 0 Å². The van der Waals surface area contributed by atoms with Crippen LogP contribution in [-0.4, -0.2) is 24.0 Å². The Morgan fingerprint density at radius 1 is 1.11 bits per heavy atom. The number of nitrogens with one attached hydrogen (secondary N) is 1. The van der Waals surface area contributed by atoms with Crippen molar-refractivity contribution >= 4 is 6.16 Å². The average Bonchev–Trinajstić information content (AvgIpc) is 2.55. The summed E-state index contributed by atoms with van der Waals surface area (Å²) >= 11 is 0. The molecule has 0 aromatic heterocycles. The number of ether oxygens (including phenoxy) is 2. The lowest BCUT2D eigenvalue weighted by Crippen LogP contribution is -2.41. The van der Waals surface area contributed by atoms with Crippen LogP contribution in [0.1, 0.15) is 59.3 Å². The van der Waals surface area contributed by atoms with Gasteiger partial charge < -0.3 is 9.47 Å². The Hall–Kier alpha value is -0.770. The van der Waals surface area contributed by atoms with Crippen LogP contribution in [0.3, 0.4) is 0 Å². The summed E-state index contributed by atoms with van der Waals surface area (Å²) in [4.78, 5) is 11.6. The summed E-state index contributed by atoms with van der Waals surface area (Å²) in [6.07, 6.45) is 6.36. The maximum atomic E-state index is 11.6. The summed E-state index contributed by atoms with van der Waals surface area (Å²) in [6, 6.07) is 0.528. The van der Waals surface area contributed by atoms with E-state index >= 15 is 0 Å². The molecule has 2 rings (SSSR count). The second kappa shape index (κ2) is 5.47. The zero-order valence-electron chi connectivity index (χ0n) is 11.7. The smallest absolute Gasteiger partial charge is 0.429 e. The molecule has 3 unspecified atom stereocenters. The fraction of sp³-hybridized carbons (Fsp3) is 0.929. The SMILES string of the molecule is CC(C)(C)OC(=O)OC1CCCC2CCCC2N1. The molecule has 1 saturated carbocycles. The molecular formula is C14H25NO3. The van der Waals surface area contributed by atoms with Crippen LogP contribution in [0.25, 0.3) is 0 Å². The summed E-state index contributed by atoms with van der Waals surface area (Å²) in [6.45, 7) is 5.55. The molecule has 3 atom stereocenters. The van der Waals surface area contributed by atoms with E-state index in [4.69, 9.17) is 9.47 Å². The van der Waals surface area contributed by atoms with Gasteiger partial charge in [-0.15, -0.1) is 0 Å². The first kappa shape index (κ1) is 13.7. The molecule has 0 bridgehead atoms. The molecule has 104 valence electrons. The molecule has 4 heteroatoms. The molecule has 2 fully saturated rings. The molecule has 0 spiro atoms. The molecule has 4 nitrogen and oxygen atoms in total. The first-order valence-corrected chi connectivity index (χ1v) is 7.10. The van der Waals surface area contributed by atoms with E-state index in [-0.39, 0.29) is 6.23 Å². The van der Waals surface area contributed by atoms with Gasteiger partial charge in [-0.2, -0.15) is 0 Å². The van der Waals surface area contributed by atoms with Crippen LogP contribution < -0.4 is 5.32 Å². The fourth-order valence-electron chi connectivity index (χ4n) is 2.97. The number of hydrogen-bond donors (Lipinski definition) is 1. The third kappa shape index (κ3) is 3.87. The molecule has 0 aromatic rings. The van der Waals surface area contributed by atoms with Crippen LogP contribution in [0.2, 0.25) is 0 Å². The topological polar surface area (TPSA) is 47.6 Å². The van der Waals surface area contributed by atoms with Gasteiger partial charge in [0.25, 0.3) is 0 Å². The third-order valence-electron chi connectivity index (χ3n) is 3.73. The van der Waals surface area contributed by atoms with Gasteiger partial charge in [0.2, 0.25) is 0 Å². The van der Waals surface area contributed by atoms with Gasteiger partial charge in [-0.05, 0) is 58.8 Å². The molecule has 0 aromatic carbocycles. The minimum Gasteiger partial charge on any atom is -0.429 e. The lowest BCUT2D eigenvalue weighted by molar-refractivity contribution is -0.0370. The van der Waals surface area contributed by atoms with Crippen molar-refractivity contribution < 1.29 is 14.3 Å². The second-order valence-electron chi connectivity index (χ2n) is 6.47. The molecule has 1 aliphatic heterocycles.